The number of aromatic nitrogens is 1. The standard InChI is InChI=1S/C25H22Cl2N2O3/c26-21-9-8-17(11-22(21)27)15-32-19-5-3-4-16(10-19)13-28-24(25(30)31)12-18-14-29-23-7-2-1-6-20(18)23/h1-11,14,24,28-29H,12-13,15H2,(H,30,31). The maximum Gasteiger partial charge on any atom is 0.321 e. The van der Waals surface area contributed by atoms with Crippen LogP contribution in [0, 0.1) is 0 Å². The Kier molecular flexibility index (Phi) is 7.00. The summed E-state index contributed by atoms with van der Waals surface area (Å²) in [4.78, 5) is 15.0. The molecule has 0 saturated carbocycles. The number of carboxylic acids is 1. The van der Waals surface area contributed by atoms with E-state index in [1.54, 1.807) is 12.1 Å². The van der Waals surface area contributed by atoms with Crippen LogP contribution in [-0.4, -0.2) is 22.1 Å². The van der Waals surface area contributed by atoms with Crippen molar-refractivity contribution < 1.29 is 14.6 Å². The van der Waals surface area contributed by atoms with Crippen molar-refractivity contribution in [3.05, 3.63) is 99.7 Å². The van der Waals surface area contributed by atoms with Crippen molar-refractivity contribution in [2.24, 2.45) is 0 Å². The van der Waals surface area contributed by atoms with E-state index in [4.69, 9.17) is 27.9 Å². The number of H-pyrrole nitrogens is 1. The number of aliphatic carboxylic acids is 1. The molecule has 4 aromatic rings. The number of carboxylic acid groups (broad SMARTS) is 1. The number of carbonyl (C=O) groups is 1. The van der Waals surface area contributed by atoms with Crippen LogP contribution in [-0.2, 0) is 24.4 Å². The topological polar surface area (TPSA) is 74.3 Å². The minimum atomic E-state index is -0.887. The SMILES string of the molecule is O=C(O)C(Cc1c[nH]c2ccccc12)NCc1cccc(OCc2ccc(Cl)c(Cl)c2)c1. The smallest absolute Gasteiger partial charge is 0.321 e. The van der Waals surface area contributed by atoms with Crippen LogP contribution in [0.4, 0.5) is 0 Å². The molecule has 1 atom stereocenters. The first-order chi connectivity index (χ1) is 15.5. The molecule has 4 rings (SSSR count). The monoisotopic (exact) mass is 468 g/mol. The average molecular weight is 469 g/mol. The summed E-state index contributed by atoms with van der Waals surface area (Å²) in [5.41, 5.74) is 3.81. The van der Waals surface area contributed by atoms with Gasteiger partial charge in [-0.2, -0.15) is 0 Å². The summed E-state index contributed by atoms with van der Waals surface area (Å²) in [6.45, 7) is 0.759. The number of hydrogen-bond donors (Lipinski definition) is 3. The second-order valence-corrected chi connectivity index (χ2v) is 8.33. The normalized spacial score (nSPS) is 12.1. The van der Waals surface area contributed by atoms with Crippen LogP contribution in [0.5, 0.6) is 5.75 Å². The second-order valence-electron chi connectivity index (χ2n) is 7.52. The lowest BCUT2D eigenvalue weighted by molar-refractivity contribution is -0.139. The predicted octanol–water partition coefficient (Wildman–Crippen LogP) is 5.84. The molecule has 0 fully saturated rings. The van der Waals surface area contributed by atoms with Crippen molar-refractivity contribution in [3.8, 4) is 5.75 Å². The Morgan fingerprint density at radius 2 is 1.84 bits per heavy atom. The van der Waals surface area contributed by atoms with Gasteiger partial charge in [-0.25, -0.2) is 0 Å². The van der Waals surface area contributed by atoms with Gasteiger partial charge >= 0.3 is 5.97 Å². The summed E-state index contributed by atoms with van der Waals surface area (Å²) in [5.74, 6) is -0.193. The van der Waals surface area contributed by atoms with Gasteiger partial charge in [0, 0.05) is 30.1 Å². The lowest BCUT2D eigenvalue weighted by atomic mass is 10.0. The fraction of sp³-hybridized carbons (Fsp3) is 0.160. The first-order valence-corrected chi connectivity index (χ1v) is 10.9. The number of benzene rings is 3. The molecule has 5 nitrogen and oxygen atoms in total. The minimum absolute atomic E-state index is 0.353. The van der Waals surface area contributed by atoms with Crippen LogP contribution in [0.1, 0.15) is 16.7 Å². The molecule has 0 bridgehead atoms. The third-order valence-electron chi connectivity index (χ3n) is 5.24. The fourth-order valence-electron chi connectivity index (χ4n) is 3.55. The highest BCUT2D eigenvalue weighted by atomic mass is 35.5. The van der Waals surface area contributed by atoms with Gasteiger partial charge < -0.3 is 20.1 Å². The number of aromatic amines is 1. The molecule has 7 heteroatoms. The Morgan fingerprint density at radius 3 is 2.66 bits per heavy atom. The van der Waals surface area contributed by atoms with Crippen molar-refractivity contribution in [2.45, 2.75) is 25.6 Å². The largest absolute Gasteiger partial charge is 0.489 e. The molecule has 0 spiro atoms. The van der Waals surface area contributed by atoms with Crippen LogP contribution in [0.15, 0.2) is 72.9 Å². The highest BCUT2D eigenvalue weighted by molar-refractivity contribution is 6.42. The summed E-state index contributed by atoms with van der Waals surface area (Å²) in [6, 6.07) is 20.1. The molecule has 0 radical (unpaired) electrons. The molecule has 0 saturated heterocycles. The van der Waals surface area contributed by atoms with Crippen LogP contribution >= 0.6 is 23.2 Å². The number of para-hydroxylation sites is 1. The summed E-state index contributed by atoms with van der Waals surface area (Å²) < 4.78 is 5.87. The van der Waals surface area contributed by atoms with E-state index in [0.29, 0.717) is 35.4 Å². The van der Waals surface area contributed by atoms with Gasteiger partial charge in [0.15, 0.2) is 0 Å². The molecule has 0 aliphatic heterocycles. The Hall–Kier alpha value is -2.99. The predicted molar refractivity (Wildman–Crippen MR) is 128 cm³/mol. The average Bonchev–Trinajstić information content (AvgIpc) is 3.20. The highest BCUT2D eigenvalue weighted by Gasteiger charge is 2.19. The van der Waals surface area contributed by atoms with E-state index in [1.165, 1.54) is 0 Å². The lowest BCUT2D eigenvalue weighted by Crippen LogP contribution is -2.38. The van der Waals surface area contributed by atoms with Crippen molar-refractivity contribution in [3.63, 3.8) is 0 Å². The third kappa shape index (κ3) is 5.43. The molecule has 1 unspecified atom stereocenters. The number of nitrogens with one attached hydrogen (secondary N) is 2. The zero-order valence-electron chi connectivity index (χ0n) is 17.1. The third-order valence-corrected chi connectivity index (χ3v) is 5.98. The molecular weight excluding hydrogens is 447 g/mol. The summed E-state index contributed by atoms with van der Waals surface area (Å²) in [5, 5.41) is 14.9. The van der Waals surface area contributed by atoms with Gasteiger partial charge in [-0.1, -0.05) is 59.6 Å². The van der Waals surface area contributed by atoms with Gasteiger partial charge in [-0.05, 0) is 47.0 Å². The van der Waals surface area contributed by atoms with Crippen LogP contribution in [0.25, 0.3) is 10.9 Å². The van der Waals surface area contributed by atoms with E-state index >= 15 is 0 Å². The number of ether oxygens (including phenoxy) is 1. The maximum absolute atomic E-state index is 11.8. The molecule has 1 aromatic heterocycles. The van der Waals surface area contributed by atoms with Crippen molar-refractivity contribution in [1.29, 1.82) is 0 Å². The molecule has 1 heterocycles. The van der Waals surface area contributed by atoms with E-state index in [9.17, 15) is 9.90 Å². The van der Waals surface area contributed by atoms with Gasteiger partial charge in [0.2, 0.25) is 0 Å². The molecule has 32 heavy (non-hydrogen) atoms. The van der Waals surface area contributed by atoms with E-state index in [1.807, 2.05) is 60.8 Å². The van der Waals surface area contributed by atoms with Crippen LogP contribution in [0.2, 0.25) is 10.0 Å². The molecule has 0 amide bonds. The minimum Gasteiger partial charge on any atom is -0.489 e. The Morgan fingerprint density at radius 1 is 1.00 bits per heavy atom. The van der Waals surface area contributed by atoms with Crippen LogP contribution in [0.3, 0.4) is 0 Å². The summed E-state index contributed by atoms with van der Waals surface area (Å²) in [6.07, 6.45) is 2.26. The van der Waals surface area contributed by atoms with Gasteiger partial charge in [-0.3, -0.25) is 4.79 Å². The number of hydrogen-bond acceptors (Lipinski definition) is 3. The van der Waals surface area contributed by atoms with Gasteiger partial charge in [0.25, 0.3) is 0 Å². The summed E-state index contributed by atoms with van der Waals surface area (Å²) in [7, 11) is 0. The van der Waals surface area contributed by atoms with Gasteiger partial charge in [0.05, 0.1) is 10.0 Å². The quantitative estimate of drug-likeness (QED) is 0.288. The Bertz CT molecular complexity index is 1240. The molecule has 0 aliphatic rings. The Labute approximate surface area is 195 Å². The first-order valence-electron chi connectivity index (χ1n) is 10.2. The zero-order chi connectivity index (χ0) is 22.5. The van der Waals surface area contributed by atoms with Gasteiger partial charge in [-0.15, -0.1) is 0 Å². The molecule has 0 aliphatic carbocycles. The second kappa shape index (κ2) is 10.1. The van der Waals surface area contributed by atoms with E-state index in [-0.39, 0.29) is 0 Å². The van der Waals surface area contributed by atoms with Crippen molar-refractivity contribution >= 4 is 40.1 Å². The number of halogens is 2. The molecule has 3 aromatic carbocycles. The van der Waals surface area contributed by atoms with E-state index in [0.717, 1.165) is 27.6 Å². The van der Waals surface area contributed by atoms with Crippen molar-refractivity contribution in [1.82, 2.24) is 10.3 Å². The molecular formula is C25H22Cl2N2O3. The number of rotatable bonds is 9. The first kappa shape index (κ1) is 22.2. The van der Waals surface area contributed by atoms with Gasteiger partial charge in [0.1, 0.15) is 18.4 Å². The molecule has 3 N–H and O–H groups in total. The number of fused-ring (bicyclic) bond motifs is 1. The Balaban J connectivity index is 1.38. The van der Waals surface area contributed by atoms with Crippen LogP contribution < -0.4 is 10.1 Å². The highest BCUT2D eigenvalue weighted by Crippen LogP contribution is 2.24. The fourth-order valence-corrected chi connectivity index (χ4v) is 3.87. The summed E-state index contributed by atoms with van der Waals surface area (Å²) >= 11 is 12.0. The zero-order valence-corrected chi connectivity index (χ0v) is 18.7. The van der Waals surface area contributed by atoms with E-state index in [2.05, 4.69) is 10.3 Å². The van der Waals surface area contributed by atoms with Crippen molar-refractivity contribution in [2.75, 3.05) is 0 Å². The lowest BCUT2D eigenvalue weighted by Gasteiger charge is -2.15. The maximum atomic E-state index is 11.8. The molecule has 164 valence electrons. The van der Waals surface area contributed by atoms with E-state index < -0.39 is 12.0 Å².